The third kappa shape index (κ3) is 5.99. The lowest BCUT2D eigenvalue weighted by Crippen LogP contribution is -2.47. The predicted octanol–water partition coefficient (Wildman–Crippen LogP) is 2.99. The lowest BCUT2D eigenvalue weighted by molar-refractivity contribution is 0.00102. The fraction of sp³-hybridized carbons (Fsp3) is 0.941. The molecule has 1 aliphatic carbocycles. The summed E-state index contributed by atoms with van der Waals surface area (Å²) in [6.45, 7) is 4.15. The van der Waals surface area contributed by atoms with Crippen molar-refractivity contribution in [2.24, 2.45) is 10.9 Å². The predicted molar refractivity (Wildman–Crippen MR) is 96.9 cm³/mol. The largest absolute Gasteiger partial charge is 0.378 e. The molecule has 1 heterocycles. The Labute approximate surface area is 140 Å². The molecule has 2 rings (SSSR count). The average molecular weight is 328 g/mol. The van der Waals surface area contributed by atoms with Crippen LogP contribution in [0.4, 0.5) is 0 Å². The molecule has 0 spiro atoms. The molecule has 5 heteroatoms. The molecule has 4 nitrogen and oxygen atoms in total. The second-order valence-electron chi connectivity index (χ2n) is 6.49. The maximum absolute atomic E-state index is 6.15. The van der Waals surface area contributed by atoms with E-state index in [4.69, 9.17) is 4.74 Å². The van der Waals surface area contributed by atoms with Crippen LogP contribution in [0, 0.1) is 5.92 Å². The number of likely N-dealkylation sites (tertiary alicyclic amines) is 1. The molecule has 1 aliphatic heterocycles. The topological polar surface area (TPSA) is 36.9 Å². The van der Waals surface area contributed by atoms with Crippen molar-refractivity contribution in [3.63, 3.8) is 0 Å². The lowest BCUT2D eigenvalue weighted by atomic mass is 10.1. The fourth-order valence-corrected chi connectivity index (χ4v) is 3.87. The Morgan fingerprint density at radius 2 is 1.95 bits per heavy atom. The standard InChI is InChI=1S/C17H33N3OS/c1-18-17(19-10-5-13-22-2)20-11-8-16(9-12-20)21-14-15-6-3-4-7-15/h15-16H,3-14H2,1-2H3,(H,18,19). The number of rotatable bonds is 7. The monoisotopic (exact) mass is 327 g/mol. The summed E-state index contributed by atoms with van der Waals surface area (Å²) in [5.74, 6) is 3.11. The Balaban J connectivity index is 1.62. The summed E-state index contributed by atoms with van der Waals surface area (Å²) in [5.41, 5.74) is 0. The summed E-state index contributed by atoms with van der Waals surface area (Å²) >= 11 is 1.90. The molecule has 0 radical (unpaired) electrons. The van der Waals surface area contributed by atoms with E-state index in [0.717, 1.165) is 51.0 Å². The third-order valence-electron chi connectivity index (χ3n) is 4.80. The summed E-state index contributed by atoms with van der Waals surface area (Å²) in [4.78, 5) is 6.81. The molecule has 0 aromatic heterocycles. The molecule has 1 saturated carbocycles. The van der Waals surface area contributed by atoms with Gasteiger partial charge in [0.2, 0.25) is 0 Å². The minimum atomic E-state index is 0.464. The molecule has 22 heavy (non-hydrogen) atoms. The molecule has 2 fully saturated rings. The first-order valence-corrected chi connectivity index (χ1v) is 10.3. The van der Waals surface area contributed by atoms with E-state index >= 15 is 0 Å². The van der Waals surface area contributed by atoms with Gasteiger partial charge in [0.15, 0.2) is 5.96 Å². The number of aliphatic imine (C=N–C) groups is 1. The highest BCUT2D eigenvalue weighted by Gasteiger charge is 2.23. The van der Waals surface area contributed by atoms with E-state index < -0.39 is 0 Å². The Bertz CT molecular complexity index is 324. The van der Waals surface area contributed by atoms with Crippen LogP contribution in [0.1, 0.15) is 44.9 Å². The molecule has 128 valence electrons. The lowest BCUT2D eigenvalue weighted by Gasteiger charge is -2.34. The maximum atomic E-state index is 6.15. The maximum Gasteiger partial charge on any atom is 0.193 e. The molecular formula is C17H33N3OS. The van der Waals surface area contributed by atoms with Gasteiger partial charge in [0.05, 0.1) is 6.10 Å². The van der Waals surface area contributed by atoms with E-state index in [2.05, 4.69) is 21.5 Å². The van der Waals surface area contributed by atoms with Gasteiger partial charge in [-0.25, -0.2) is 0 Å². The SMILES string of the molecule is CN=C(NCCCSC)N1CCC(OCC2CCCC2)CC1. The quantitative estimate of drug-likeness (QED) is 0.443. The van der Waals surface area contributed by atoms with Crippen LogP contribution in [0.3, 0.4) is 0 Å². The number of nitrogens with zero attached hydrogens (tertiary/aromatic N) is 2. The van der Waals surface area contributed by atoms with Crippen molar-refractivity contribution >= 4 is 17.7 Å². The van der Waals surface area contributed by atoms with Crippen molar-refractivity contribution in [2.75, 3.05) is 45.3 Å². The highest BCUT2D eigenvalue weighted by Crippen LogP contribution is 2.26. The zero-order valence-corrected chi connectivity index (χ0v) is 15.2. The van der Waals surface area contributed by atoms with E-state index in [1.54, 1.807) is 0 Å². The molecule has 0 unspecified atom stereocenters. The van der Waals surface area contributed by atoms with E-state index in [1.807, 2.05) is 18.8 Å². The van der Waals surface area contributed by atoms with Gasteiger partial charge < -0.3 is 15.0 Å². The van der Waals surface area contributed by atoms with E-state index in [9.17, 15) is 0 Å². The number of piperidine rings is 1. The van der Waals surface area contributed by atoms with Crippen molar-refractivity contribution in [3.05, 3.63) is 0 Å². The van der Waals surface area contributed by atoms with Crippen LogP contribution in [0.2, 0.25) is 0 Å². The third-order valence-corrected chi connectivity index (χ3v) is 5.50. The summed E-state index contributed by atoms with van der Waals surface area (Å²) in [6, 6.07) is 0. The van der Waals surface area contributed by atoms with Crippen LogP contribution < -0.4 is 5.32 Å². The normalized spacial score (nSPS) is 21.5. The zero-order chi connectivity index (χ0) is 15.6. The average Bonchev–Trinajstić information content (AvgIpc) is 3.07. The summed E-state index contributed by atoms with van der Waals surface area (Å²) in [7, 11) is 1.89. The minimum Gasteiger partial charge on any atom is -0.378 e. The number of nitrogens with one attached hydrogen (secondary N) is 1. The Morgan fingerprint density at radius 1 is 1.23 bits per heavy atom. The van der Waals surface area contributed by atoms with Crippen molar-refractivity contribution in [1.82, 2.24) is 10.2 Å². The highest BCUT2D eigenvalue weighted by atomic mass is 32.2. The first-order chi connectivity index (χ1) is 10.8. The second kappa shape index (κ2) is 10.4. The fourth-order valence-electron chi connectivity index (χ4n) is 3.43. The summed E-state index contributed by atoms with van der Waals surface area (Å²) in [6.07, 6.45) is 11.7. The van der Waals surface area contributed by atoms with Gasteiger partial charge in [0, 0.05) is 33.3 Å². The summed E-state index contributed by atoms with van der Waals surface area (Å²) in [5, 5.41) is 3.49. The van der Waals surface area contributed by atoms with Gasteiger partial charge in [0.25, 0.3) is 0 Å². The molecule has 1 saturated heterocycles. The molecule has 0 aromatic rings. The summed E-state index contributed by atoms with van der Waals surface area (Å²) < 4.78 is 6.15. The Kier molecular flexibility index (Phi) is 8.45. The first kappa shape index (κ1) is 17.9. The second-order valence-corrected chi connectivity index (χ2v) is 7.48. The Hall–Kier alpha value is -0.420. The highest BCUT2D eigenvalue weighted by molar-refractivity contribution is 7.98. The smallest absolute Gasteiger partial charge is 0.193 e. The van der Waals surface area contributed by atoms with Crippen LogP contribution >= 0.6 is 11.8 Å². The zero-order valence-electron chi connectivity index (χ0n) is 14.4. The Morgan fingerprint density at radius 3 is 2.59 bits per heavy atom. The van der Waals surface area contributed by atoms with Gasteiger partial charge in [-0.05, 0) is 50.0 Å². The van der Waals surface area contributed by atoms with Crippen molar-refractivity contribution in [2.45, 2.75) is 51.0 Å². The number of thioether (sulfide) groups is 1. The first-order valence-electron chi connectivity index (χ1n) is 8.89. The minimum absolute atomic E-state index is 0.464. The molecular weight excluding hydrogens is 294 g/mol. The molecule has 0 amide bonds. The van der Waals surface area contributed by atoms with Gasteiger partial charge in [0.1, 0.15) is 0 Å². The van der Waals surface area contributed by atoms with Crippen LogP contribution in [-0.4, -0.2) is 62.3 Å². The van der Waals surface area contributed by atoms with E-state index in [0.29, 0.717) is 6.10 Å². The van der Waals surface area contributed by atoms with Crippen LogP contribution in [-0.2, 0) is 4.74 Å². The molecule has 2 aliphatic rings. The molecule has 0 atom stereocenters. The van der Waals surface area contributed by atoms with Crippen LogP contribution in [0.15, 0.2) is 4.99 Å². The van der Waals surface area contributed by atoms with E-state index in [-0.39, 0.29) is 0 Å². The van der Waals surface area contributed by atoms with Gasteiger partial charge in [-0.15, -0.1) is 0 Å². The van der Waals surface area contributed by atoms with E-state index in [1.165, 1.54) is 37.9 Å². The molecule has 0 bridgehead atoms. The number of hydrogen-bond acceptors (Lipinski definition) is 3. The van der Waals surface area contributed by atoms with Gasteiger partial charge in [-0.3, -0.25) is 4.99 Å². The number of ether oxygens (including phenoxy) is 1. The van der Waals surface area contributed by atoms with Crippen molar-refractivity contribution in [3.8, 4) is 0 Å². The van der Waals surface area contributed by atoms with Crippen LogP contribution in [0.5, 0.6) is 0 Å². The number of guanidine groups is 1. The number of hydrogen-bond donors (Lipinski definition) is 1. The van der Waals surface area contributed by atoms with Gasteiger partial charge in [-0.2, -0.15) is 11.8 Å². The van der Waals surface area contributed by atoms with Gasteiger partial charge >= 0.3 is 0 Å². The molecule has 0 aromatic carbocycles. The van der Waals surface area contributed by atoms with Gasteiger partial charge in [-0.1, -0.05) is 12.8 Å². The van der Waals surface area contributed by atoms with Crippen molar-refractivity contribution < 1.29 is 4.74 Å². The molecule has 1 N–H and O–H groups in total. The van der Waals surface area contributed by atoms with Crippen LogP contribution in [0.25, 0.3) is 0 Å². The van der Waals surface area contributed by atoms with Crippen molar-refractivity contribution in [1.29, 1.82) is 0 Å².